The number of amides is 1. The lowest BCUT2D eigenvalue weighted by molar-refractivity contribution is 0.195. The lowest BCUT2D eigenvalue weighted by Gasteiger charge is -2.03. The number of rotatable bonds is 5. The monoisotopic (exact) mass is 317 g/mol. The Balaban J connectivity index is 1.52. The lowest BCUT2D eigenvalue weighted by atomic mass is 10.2. The van der Waals surface area contributed by atoms with Crippen molar-refractivity contribution in [1.29, 1.82) is 0 Å². The van der Waals surface area contributed by atoms with E-state index < -0.39 is 6.09 Å². The molecule has 2 aromatic heterocycles. The van der Waals surface area contributed by atoms with Crippen LogP contribution in [-0.2, 0) is 6.54 Å². The molecule has 0 unspecified atom stereocenters. The van der Waals surface area contributed by atoms with E-state index in [0.29, 0.717) is 24.4 Å². The normalized spacial score (nSPS) is 10.5. The Morgan fingerprint density at radius 2 is 2.00 bits per heavy atom. The molecule has 0 aliphatic carbocycles. The van der Waals surface area contributed by atoms with Crippen LogP contribution < -0.4 is 10.1 Å². The van der Waals surface area contributed by atoms with Gasteiger partial charge in [-0.25, -0.2) is 9.18 Å². The van der Waals surface area contributed by atoms with E-state index in [0.717, 1.165) is 0 Å². The Kier molecular flexibility index (Phi) is 4.27. The standard InChI is InChI=1S/C14H12FN5O3/c15-11-3-1-10(2-4-11)12-9-13(19-23-12)22-14(21)16-7-8-20-17-5-6-18-20/h1-6,9H,7-8H2,(H,16,21). The quantitative estimate of drug-likeness (QED) is 0.772. The van der Waals surface area contributed by atoms with Gasteiger partial charge in [-0.05, 0) is 29.4 Å². The first-order chi connectivity index (χ1) is 11.2. The summed E-state index contributed by atoms with van der Waals surface area (Å²) in [7, 11) is 0. The number of nitrogens with one attached hydrogen (secondary N) is 1. The van der Waals surface area contributed by atoms with Crippen LogP contribution in [0.1, 0.15) is 0 Å². The van der Waals surface area contributed by atoms with E-state index in [4.69, 9.17) is 9.26 Å². The lowest BCUT2D eigenvalue weighted by Crippen LogP contribution is -2.30. The van der Waals surface area contributed by atoms with E-state index in [1.54, 1.807) is 12.4 Å². The molecule has 0 spiro atoms. The summed E-state index contributed by atoms with van der Waals surface area (Å²) in [4.78, 5) is 13.1. The van der Waals surface area contributed by atoms with Crippen molar-refractivity contribution in [2.45, 2.75) is 6.54 Å². The van der Waals surface area contributed by atoms with Crippen molar-refractivity contribution in [3.8, 4) is 17.2 Å². The van der Waals surface area contributed by atoms with Crippen LogP contribution in [0.2, 0.25) is 0 Å². The largest absolute Gasteiger partial charge is 0.414 e. The smallest absolute Gasteiger partial charge is 0.388 e. The minimum absolute atomic E-state index is 0.0130. The zero-order valence-corrected chi connectivity index (χ0v) is 11.8. The SMILES string of the molecule is O=C(NCCn1nccn1)Oc1cc(-c2ccc(F)cc2)on1. The Hall–Kier alpha value is -3.23. The summed E-state index contributed by atoms with van der Waals surface area (Å²) in [5, 5.41) is 14.0. The van der Waals surface area contributed by atoms with Gasteiger partial charge in [0.25, 0.3) is 5.88 Å². The van der Waals surface area contributed by atoms with Gasteiger partial charge < -0.3 is 14.6 Å². The molecule has 0 saturated carbocycles. The number of aromatic nitrogens is 4. The summed E-state index contributed by atoms with van der Waals surface area (Å²) in [6, 6.07) is 7.12. The maximum absolute atomic E-state index is 12.9. The summed E-state index contributed by atoms with van der Waals surface area (Å²) in [5.41, 5.74) is 0.624. The van der Waals surface area contributed by atoms with Crippen molar-refractivity contribution in [3.63, 3.8) is 0 Å². The third-order valence-electron chi connectivity index (χ3n) is 2.86. The number of carbonyl (C=O) groups excluding carboxylic acids is 1. The van der Waals surface area contributed by atoms with Crippen LogP contribution in [0.4, 0.5) is 9.18 Å². The zero-order chi connectivity index (χ0) is 16.1. The first kappa shape index (κ1) is 14.7. The third-order valence-corrected chi connectivity index (χ3v) is 2.86. The Morgan fingerprint density at radius 1 is 1.26 bits per heavy atom. The molecule has 9 heteroatoms. The minimum Gasteiger partial charge on any atom is -0.388 e. The molecule has 1 N–H and O–H groups in total. The first-order valence-electron chi connectivity index (χ1n) is 6.73. The molecule has 0 radical (unpaired) electrons. The molecule has 2 heterocycles. The van der Waals surface area contributed by atoms with Crippen LogP contribution in [0.5, 0.6) is 5.88 Å². The molecule has 3 rings (SSSR count). The van der Waals surface area contributed by atoms with Gasteiger partial charge in [-0.3, -0.25) is 0 Å². The number of ether oxygens (including phenoxy) is 1. The van der Waals surface area contributed by atoms with Gasteiger partial charge in [0, 0.05) is 12.1 Å². The fourth-order valence-electron chi connectivity index (χ4n) is 1.81. The van der Waals surface area contributed by atoms with E-state index in [1.165, 1.54) is 35.1 Å². The van der Waals surface area contributed by atoms with Crippen LogP contribution in [-0.4, -0.2) is 32.8 Å². The zero-order valence-electron chi connectivity index (χ0n) is 11.8. The van der Waals surface area contributed by atoms with Crippen LogP contribution in [0.3, 0.4) is 0 Å². The molecule has 0 atom stereocenters. The van der Waals surface area contributed by atoms with Crippen LogP contribution >= 0.6 is 0 Å². The summed E-state index contributed by atoms with van der Waals surface area (Å²) < 4.78 is 22.9. The predicted octanol–water partition coefficient (Wildman–Crippen LogP) is 1.86. The average Bonchev–Trinajstić information content (AvgIpc) is 3.20. The Morgan fingerprint density at radius 3 is 2.74 bits per heavy atom. The number of hydrogen-bond acceptors (Lipinski definition) is 6. The van der Waals surface area contributed by atoms with Gasteiger partial charge in [-0.1, -0.05) is 0 Å². The van der Waals surface area contributed by atoms with Crippen LogP contribution in [0, 0.1) is 5.82 Å². The predicted molar refractivity (Wildman–Crippen MR) is 75.9 cm³/mol. The molecule has 8 nitrogen and oxygen atoms in total. The molecule has 1 aromatic carbocycles. The Labute approximate surface area is 129 Å². The number of carbonyl (C=O) groups is 1. The van der Waals surface area contributed by atoms with E-state index in [2.05, 4.69) is 20.7 Å². The molecule has 0 bridgehead atoms. The minimum atomic E-state index is -0.670. The summed E-state index contributed by atoms with van der Waals surface area (Å²) in [6.07, 6.45) is 2.42. The van der Waals surface area contributed by atoms with Crippen LogP contribution in [0.25, 0.3) is 11.3 Å². The van der Waals surface area contributed by atoms with Crippen molar-refractivity contribution in [3.05, 3.63) is 48.5 Å². The highest BCUT2D eigenvalue weighted by molar-refractivity contribution is 5.70. The van der Waals surface area contributed by atoms with Crippen molar-refractivity contribution < 1.29 is 18.4 Å². The molecule has 1 amide bonds. The summed E-state index contributed by atoms with van der Waals surface area (Å²) in [6.45, 7) is 0.720. The number of hydrogen-bond donors (Lipinski definition) is 1. The second-order valence-electron chi connectivity index (χ2n) is 4.48. The highest BCUT2D eigenvalue weighted by Gasteiger charge is 2.11. The number of halogens is 1. The van der Waals surface area contributed by atoms with Gasteiger partial charge in [0.2, 0.25) is 0 Å². The van der Waals surface area contributed by atoms with Gasteiger partial charge in [0.15, 0.2) is 5.76 Å². The van der Waals surface area contributed by atoms with Gasteiger partial charge >= 0.3 is 6.09 Å². The van der Waals surface area contributed by atoms with Gasteiger partial charge in [-0.2, -0.15) is 15.0 Å². The molecule has 3 aromatic rings. The molecular weight excluding hydrogens is 305 g/mol. The van der Waals surface area contributed by atoms with Crippen molar-refractivity contribution in [2.75, 3.05) is 6.54 Å². The molecule has 0 aliphatic rings. The average molecular weight is 317 g/mol. The van der Waals surface area contributed by atoms with Crippen molar-refractivity contribution in [2.24, 2.45) is 0 Å². The first-order valence-corrected chi connectivity index (χ1v) is 6.73. The van der Waals surface area contributed by atoms with E-state index in [9.17, 15) is 9.18 Å². The molecule has 0 aliphatic heterocycles. The summed E-state index contributed by atoms with van der Waals surface area (Å²) >= 11 is 0. The van der Waals surface area contributed by atoms with Crippen molar-refractivity contribution in [1.82, 2.24) is 25.5 Å². The van der Waals surface area contributed by atoms with Gasteiger partial charge in [0.05, 0.1) is 25.0 Å². The fraction of sp³-hybridized carbons (Fsp3) is 0.143. The number of benzene rings is 1. The van der Waals surface area contributed by atoms with Crippen molar-refractivity contribution >= 4 is 6.09 Å². The Bertz CT molecular complexity index is 770. The van der Waals surface area contributed by atoms with Gasteiger partial charge in [-0.15, -0.1) is 0 Å². The highest BCUT2D eigenvalue weighted by Crippen LogP contribution is 2.23. The van der Waals surface area contributed by atoms with Crippen LogP contribution in [0.15, 0.2) is 47.2 Å². The maximum Gasteiger partial charge on any atom is 0.414 e. The second-order valence-corrected chi connectivity index (χ2v) is 4.48. The molecule has 23 heavy (non-hydrogen) atoms. The maximum atomic E-state index is 12.9. The second kappa shape index (κ2) is 6.69. The topological polar surface area (TPSA) is 95.1 Å². The fourth-order valence-corrected chi connectivity index (χ4v) is 1.81. The highest BCUT2D eigenvalue weighted by atomic mass is 19.1. The van der Waals surface area contributed by atoms with E-state index in [1.807, 2.05) is 0 Å². The van der Waals surface area contributed by atoms with E-state index in [-0.39, 0.29) is 11.7 Å². The number of nitrogens with zero attached hydrogens (tertiary/aromatic N) is 4. The molecular formula is C14H12FN5O3. The van der Waals surface area contributed by atoms with E-state index >= 15 is 0 Å². The molecule has 118 valence electrons. The molecule has 0 saturated heterocycles. The van der Waals surface area contributed by atoms with Gasteiger partial charge in [0.1, 0.15) is 5.82 Å². The molecule has 0 fully saturated rings. The third kappa shape index (κ3) is 3.90. The summed E-state index contributed by atoms with van der Waals surface area (Å²) in [5.74, 6) is 0.0309.